The summed E-state index contributed by atoms with van der Waals surface area (Å²) in [4.78, 5) is 30.3. The lowest BCUT2D eigenvalue weighted by atomic mass is 9.94. The van der Waals surface area contributed by atoms with Gasteiger partial charge >= 0.3 is 0 Å². The Bertz CT molecular complexity index is 683. The third-order valence-electron chi connectivity index (χ3n) is 5.77. The SMILES string of the molecule is O=C1C(c2ccccc2)=C(N2CCCCC2)C(=O)N1C1CCCCC1. The number of carbonyl (C=O) groups excluding carboxylic acids is 2. The number of hydrogen-bond acceptors (Lipinski definition) is 3. The number of likely N-dealkylation sites (tertiary alicyclic amines) is 1. The Labute approximate surface area is 149 Å². The van der Waals surface area contributed by atoms with E-state index in [4.69, 9.17) is 0 Å². The topological polar surface area (TPSA) is 40.6 Å². The number of benzene rings is 1. The molecule has 25 heavy (non-hydrogen) atoms. The van der Waals surface area contributed by atoms with Crippen LogP contribution in [0.5, 0.6) is 0 Å². The Morgan fingerprint density at radius 1 is 0.760 bits per heavy atom. The lowest BCUT2D eigenvalue weighted by Crippen LogP contribution is -2.44. The zero-order valence-corrected chi connectivity index (χ0v) is 14.7. The molecule has 132 valence electrons. The van der Waals surface area contributed by atoms with E-state index in [-0.39, 0.29) is 17.9 Å². The second-order valence-electron chi connectivity index (χ2n) is 7.41. The van der Waals surface area contributed by atoms with Gasteiger partial charge in [0.2, 0.25) is 0 Å². The number of piperidine rings is 1. The minimum Gasteiger partial charge on any atom is -0.366 e. The van der Waals surface area contributed by atoms with Crippen molar-refractivity contribution in [1.82, 2.24) is 9.80 Å². The van der Waals surface area contributed by atoms with Gasteiger partial charge in [0.25, 0.3) is 11.8 Å². The number of nitrogens with zero attached hydrogens (tertiary/aromatic N) is 2. The van der Waals surface area contributed by atoms with E-state index in [9.17, 15) is 9.59 Å². The van der Waals surface area contributed by atoms with Crippen molar-refractivity contribution in [2.75, 3.05) is 13.1 Å². The largest absolute Gasteiger partial charge is 0.366 e. The second-order valence-corrected chi connectivity index (χ2v) is 7.41. The first-order chi connectivity index (χ1) is 12.3. The molecule has 1 aromatic rings. The average molecular weight is 338 g/mol. The number of amides is 2. The monoisotopic (exact) mass is 338 g/mol. The fourth-order valence-corrected chi connectivity index (χ4v) is 4.48. The van der Waals surface area contributed by atoms with Crippen LogP contribution in [0.1, 0.15) is 56.9 Å². The highest BCUT2D eigenvalue weighted by Crippen LogP contribution is 2.36. The molecule has 4 nitrogen and oxygen atoms in total. The fourth-order valence-electron chi connectivity index (χ4n) is 4.48. The molecular weight excluding hydrogens is 312 g/mol. The molecule has 0 aromatic heterocycles. The van der Waals surface area contributed by atoms with E-state index in [1.807, 2.05) is 30.3 Å². The summed E-state index contributed by atoms with van der Waals surface area (Å²) < 4.78 is 0. The maximum Gasteiger partial charge on any atom is 0.278 e. The maximum absolute atomic E-state index is 13.3. The molecule has 1 saturated heterocycles. The van der Waals surface area contributed by atoms with Gasteiger partial charge in [-0.1, -0.05) is 49.6 Å². The fraction of sp³-hybridized carbons (Fsp3) is 0.524. The van der Waals surface area contributed by atoms with Crippen molar-refractivity contribution in [3.8, 4) is 0 Å². The summed E-state index contributed by atoms with van der Waals surface area (Å²) in [6.45, 7) is 1.76. The number of imide groups is 1. The number of carbonyl (C=O) groups is 2. The molecule has 1 aliphatic carbocycles. The highest BCUT2D eigenvalue weighted by Gasteiger charge is 2.44. The number of rotatable bonds is 3. The van der Waals surface area contributed by atoms with E-state index >= 15 is 0 Å². The van der Waals surface area contributed by atoms with Crippen LogP contribution in [0.25, 0.3) is 5.57 Å². The highest BCUT2D eigenvalue weighted by atomic mass is 16.2. The normalized spacial score (nSPS) is 22.9. The zero-order chi connectivity index (χ0) is 17.2. The lowest BCUT2D eigenvalue weighted by molar-refractivity contribution is -0.141. The molecule has 1 saturated carbocycles. The van der Waals surface area contributed by atoms with Gasteiger partial charge in [0.1, 0.15) is 5.70 Å². The molecule has 1 aromatic carbocycles. The Morgan fingerprint density at radius 2 is 1.40 bits per heavy atom. The van der Waals surface area contributed by atoms with Gasteiger partial charge in [-0.25, -0.2) is 0 Å². The van der Waals surface area contributed by atoms with E-state index in [0.29, 0.717) is 11.3 Å². The summed E-state index contributed by atoms with van der Waals surface area (Å²) >= 11 is 0. The molecule has 2 amide bonds. The summed E-state index contributed by atoms with van der Waals surface area (Å²) in [5.74, 6) is -0.138. The summed E-state index contributed by atoms with van der Waals surface area (Å²) in [5.41, 5.74) is 2.15. The van der Waals surface area contributed by atoms with Crippen molar-refractivity contribution in [2.45, 2.75) is 57.4 Å². The van der Waals surface area contributed by atoms with E-state index in [1.165, 1.54) is 12.8 Å². The molecule has 0 atom stereocenters. The van der Waals surface area contributed by atoms with Crippen LogP contribution >= 0.6 is 0 Å². The first-order valence-electron chi connectivity index (χ1n) is 9.70. The highest BCUT2D eigenvalue weighted by molar-refractivity contribution is 6.35. The Hall–Kier alpha value is -2.10. The number of hydrogen-bond donors (Lipinski definition) is 0. The molecule has 0 unspecified atom stereocenters. The van der Waals surface area contributed by atoms with Gasteiger partial charge in [0.05, 0.1) is 5.57 Å². The van der Waals surface area contributed by atoms with E-state index in [0.717, 1.165) is 57.2 Å². The van der Waals surface area contributed by atoms with Crippen LogP contribution in [0.3, 0.4) is 0 Å². The predicted molar refractivity (Wildman–Crippen MR) is 97.5 cm³/mol. The quantitative estimate of drug-likeness (QED) is 0.791. The van der Waals surface area contributed by atoms with E-state index in [1.54, 1.807) is 4.90 Å². The van der Waals surface area contributed by atoms with Gasteiger partial charge in [0, 0.05) is 19.1 Å². The minimum atomic E-state index is -0.0799. The molecule has 0 radical (unpaired) electrons. The third-order valence-corrected chi connectivity index (χ3v) is 5.77. The van der Waals surface area contributed by atoms with Gasteiger partial charge < -0.3 is 4.90 Å². The predicted octanol–water partition coefficient (Wildman–Crippen LogP) is 3.59. The Balaban J connectivity index is 1.74. The molecule has 3 aliphatic rings. The molecular formula is C21H26N2O2. The smallest absolute Gasteiger partial charge is 0.278 e. The van der Waals surface area contributed by atoms with E-state index < -0.39 is 0 Å². The zero-order valence-electron chi connectivity index (χ0n) is 14.7. The van der Waals surface area contributed by atoms with Gasteiger partial charge in [-0.15, -0.1) is 0 Å². The van der Waals surface area contributed by atoms with Crippen molar-refractivity contribution in [3.63, 3.8) is 0 Å². The summed E-state index contributed by atoms with van der Waals surface area (Å²) in [6, 6.07) is 9.82. The van der Waals surface area contributed by atoms with Crippen LogP contribution in [-0.2, 0) is 9.59 Å². The van der Waals surface area contributed by atoms with Crippen LogP contribution in [0, 0.1) is 0 Å². The van der Waals surface area contributed by atoms with Crippen molar-refractivity contribution < 1.29 is 9.59 Å². The van der Waals surface area contributed by atoms with Gasteiger partial charge in [-0.3, -0.25) is 14.5 Å². The molecule has 2 fully saturated rings. The molecule has 4 rings (SSSR count). The van der Waals surface area contributed by atoms with Gasteiger partial charge in [0.15, 0.2) is 0 Å². The molecule has 2 aliphatic heterocycles. The molecule has 0 N–H and O–H groups in total. The summed E-state index contributed by atoms with van der Waals surface area (Å²) in [6.07, 6.45) is 8.74. The van der Waals surface area contributed by atoms with Gasteiger partial charge in [-0.2, -0.15) is 0 Å². The van der Waals surface area contributed by atoms with Crippen LogP contribution < -0.4 is 0 Å². The first-order valence-corrected chi connectivity index (χ1v) is 9.70. The summed E-state index contributed by atoms with van der Waals surface area (Å²) in [7, 11) is 0. The van der Waals surface area contributed by atoms with Crippen LogP contribution in [0.2, 0.25) is 0 Å². The second kappa shape index (κ2) is 7.03. The standard InChI is InChI=1S/C21H26N2O2/c24-20-18(16-10-4-1-5-11-16)19(22-14-8-3-9-15-22)21(25)23(20)17-12-6-2-7-13-17/h1,4-5,10-11,17H,2-3,6-9,12-15H2. The molecule has 4 heteroatoms. The third kappa shape index (κ3) is 2.99. The minimum absolute atomic E-state index is 0.0577. The van der Waals surface area contributed by atoms with Crippen LogP contribution in [0.4, 0.5) is 0 Å². The molecule has 0 spiro atoms. The first kappa shape index (κ1) is 16.4. The van der Waals surface area contributed by atoms with Crippen molar-refractivity contribution in [1.29, 1.82) is 0 Å². The van der Waals surface area contributed by atoms with E-state index in [2.05, 4.69) is 4.90 Å². The summed E-state index contributed by atoms with van der Waals surface area (Å²) in [5, 5.41) is 0. The van der Waals surface area contributed by atoms with Gasteiger partial charge in [-0.05, 0) is 37.7 Å². The molecule has 0 bridgehead atoms. The molecule has 2 heterocycles. The van der Waals surface area contributed by atoms with Crippen molar-refractivity contribution in [3.05, 3.63) is 41.6 Å². The van der Waals surface area contributed by atoms with Crippen molar-refractivity contribution in [2.24, 2.45) is 0 Å². The Morgan fingerprint density at radius 3 is 2.08 bits per heavy atom. The van der Waals surface area contributed by atoms with Crippen molar-refractivity contribution >= 4 is 17.4 Å². The Kier molecular flexibility index (Phi) is 4.60. The average Bonchev–Trinajstić information content (AvgIpc) is 2.94. The van der Waals surface area contributed by atoms with Crippen LogP contribution in [0.15, 0.2) is 36.0 Å². The lowest BCUT2D eigenvalue weighted by Gasteiger charge is -2.32. The maximum atomic E-state index is 13.3. The van der Waals surface area contributed by atoms with Crippen LogP contribution in [-0.4, -0.2) is 40.7 Å².